The fourth-order valence-electron chi connectivity index (χ4n) is 1.12. The minimum Gasteiger partial charge on any atom is -0.334 e. The SMILES string of the molecule is N#CCC(=O)NC(=O)NCc1cccc(Cl)c1. The molecular weight excluding hydrogens is 242 g/mol. The molecule has 0 saturated heterocycles. The quantitative estimate of drug-likeness (QED) is 0.856. The highest BCUT2D eigenvalue weighted by Crippen LogP contribution is 2.09. The van der Waals surface area contributed by atoms with Gasteiger partial charge >= 0.3 is 6.03 Å². The van der Waals surface area contributed by atoms with E-state index >= 15 is 0 Å². The van der Waals surface area contributed by atoms with Gasteiger partial charge in [-0.25, -0.2) is 4.79 Å². The Hall–Kier alpha value is -2.06. The highest BCUT2D eigenvalue weighted by molar-refractivity contribution is 6.30. The van der Waals surface area contributed by atoms with E-state index in [9.17, 15) is 9.59 Å². The predicted octanol–water partition coefficient (Wildman–Crippen LogP) is 1.58. The zero-order valence-corrected chi connectivity index (χ0v) is 9.62. The molecule has 3 amide bonds. The number of nitrogens with one attached hydrogen (secondary N) is 2. The largest absolute Gasteiger partial charge is 0.334 e. The maximum Gasteiger partial charge on any atom is 0.321 e. The number of carbonyl (C=O) groups is 2. The molecule has 88 valence electrons. The molecule has 0 aliphatic heterocycles. The molecule has 0 aliphatic carbocycles. The molecule has 0 atom stereocenters. The zero-order valence-electron chi connectivity index (χ0n) is 8.87. The van der Waals surface area contributed by atoms with Crippen molar-refractivity contribution in [1.29, 1.82) is 5.26 Å². The van der Waals surface area contributed by atoms with Crippen molar-refractivity contribution >= 4 is 23.5 Å². The van der Waals surface area contributed by atoms with Crippen LogP contribution in [0.5, 0.6) is 0 Å². The number of benzene rings is 1. The van der Waals surface area contributed by atoms with Crippen LogP contribution in [0.4, 0.5) is 4.79 Å². The molecule has 0 aromatic heterocycles. The Labute approximate surface area is 103 Å². The summed E-state index contributed by atoms with van der Waals surface area (Å²) in [5, 5.41) is 13.3. The average molecular weight is 252 g/mol. The van der Waals surface area contributed by atoms with Gasteiger partial charge in [-0.2, -0.15) is 5.26 Å². The van der Waals surface area contributed by atoms with Gasteiger partial charge in [-0.15, -0.1) is 0 Å². The number of amides is 3. The van der Waals surface area contributed by atoms with Gasteiger partial charge in [0.2, 0.25) is 5.91 Å². The summed E-state index contributed by atoms with van der Waals surface area (Å²) in [5.41, 5.74) is 0.820. The van der Waals surface area contributed by atoms with Crippen LogP contribution in [0, 0.1) is 11.3 Å². The van der Waals surface area contributed by atoms with Gasteiger partial charge in [-0.05, 0) is 17.7 Å². The minimum absolute atomic E-state index is 0.256. The van der Waals surface area contributed by atoms with Crippen molar-refractivity contribution in [1.82, 2.24) is 10.6 Å². The summed E-state index contributed by atoms with van der Waals surface area (Å²) in [6.07, 6.45) is -0.343. The molecule has 0 aliphatic rings. The number of urea groups is 1. The lowest BCUT2D eigenvalue weighted by molar-refractivity contribution is -0.119. The normalized spacial score (nSPS) is 9.18. The summed E-state index contributed by atoms with van der Waals surface area (Å²) in [4.78, 5) is 22.1. The molecule has 0 bridgehead atoms. The van der Waals surface area contributed by atoms with Crippen LogP contribution in [-0.2, 0) is 11.3 Å². The number of imide groups is 1. The molecule has 0 spiro atoms. The van der Waals surface area contributed by atoms with Crippen LogP contribution >= 0.6 is 11.6 Å². The van der Waals surface area contributed by atoms with E-state index in [2.05, 4.69) is 5.32 Å². The highest BCUT2D eigenvalue weighted by atomic mass is 35.5. The standard InChI is InChI=1S/C11H10ClN3O2/c12-9-3-1-2-8(6-9)7-14-11(17)15-10(16)4-5-13/h1-3,6H,4,7H2,(H2,14,15,16,17). The molecule has 17 heavy (non-hydrogen) atoms. The van der Waals surface area contributed by atoms with Crippen molar-refractivity contribution in [3.05, 3.63) is 34.9 Å². The maximum absolute atomic E-state index is 11.2. The molecule has 0 saturated carbocycles. The van der Waals surface area contributed by atoms with Crippen molar-refractivity contribution < 1.29 is 9.59 Å². The van der Waals surface area contributed by atoms with E-state index in [0.717, 1.165) is 5.56 Å². The smallest absolute Gasteiger partial charge is 0.321 e. The minimum atomic E-state index is -0.634. The summed E-state index contributed by atoms with van der Waals surface area (Å²) < 4.78 is 0. The molecule has 0 radical (unpaired) electrons. The van der Waals surface area contributed by atoms with Gasteiger partial charge in [0.15, 0.2) is 0 Å². The first-order valence-electron chi connectivity index (χ1n) is 4.81. The summed E-state index contributed by atoms with van der Waals surface area (Å²) in [7, 11) is 0. The number of hydrogen-bond acceptors (Lipinski definition) is 3. The lowest BCUT2D eigenvalue weighted by atomic mass is 10.2. The van der Waals surface area contributed by atoms with Crippen molar-refractivity contribution in [2.24, 2.45) is 0 Å². The fourth-order valence-corrected chi connectivity index (χ4v) is 1.33. The van der Waals surface area contributed by atoms with Crippen molar-refractivity contribution in [3.63, 3.8) is 0 Å². The Morgan fingerprint density at radius 1 is 1.41 bits per heavy atom. The van der Waals surface area contributed by atoms with Gasteiger partial charge in [-0.3, -0.25) is 10.1 Å². The van der Waals surface area contributed by atoms with Crippen LogP contribution in [0.25, 0.3) is 0 Å². The number of halogens is 1. The van der Waals surface area contributed by atoms with E-state index in [1.165, 1.54) is 0 Å². The Bertz CT molecular complexity index is 468. The number of nitrogens with zero attached hydrogens (tertiary/aromatic N) is 1. The van der Waals surface area contributed by atoms with Gasteiger partial charge in [0, 0.05) is 11.6 Å². The van der Waals surface area contributed by atoms with Gasteiger partial charge in [-0.1, -0.05) is 23.7 Å². The molecule has 5 nitrogen and oxygen atoms in total. The topological polar surface area (TPSA) is 82.0 Å². The molecule has 2 N–H and O–H groups in total. The Morgan fingerprint density at radius 3 is 2.82 bits per heavy atom. The predicted molar refractivity (Wildman–Crippen MR) is 62.1 cm³/mol. The summed E-state index contributed by atoms with van der Waals surface area (Å²) >= 11 is 5.77. The monoisotopic (exact) mass is 251 g/mol. The van der Waals surface area contributed by atoms with Crippen molar-refractivity contribution in [2.75, 3.05) is 0 Å². The van der Waals surface area contributed by atoms with Gasteiger partial charge in [0.1, 0.15) is 6.42 Å². The van der Waals surface area contributed by atoms with Crippen LogP contribution < -0.4 is 10.6 Å². The van der Waals surface area contributed by atoms with Gasteiger partial charge < -0.3 is 5.32 Å². The molecule has 1 rings (SSSR count). The Kier molecular flexibility index (Phi) is 4.98. The maximum atomic E-state index is 11.2. The molecule has 0 unspecified atom stereocenters. The third kappa shape index (κ3) is 5.00. The Balaban J connectivity index is 2.39. The zero-order chi connectivity index (χ0) is 12.7. The van der Waals surface area contributed by atoms with E-state index < -0.39 is 11.9 Å². The average Bonchev–Trinajstić information content (AvgIpc) is 2.27. The summed E-state index contributed by atoms with van der Waals surface area (Å²) in [6, 6.07) is 8.00. The first-order chi connectivity index (χ1) is 8.11. The van der Waals surface area contributed by atoms with Gasteiger partial charge in [0.25, 0.3) is 0 Å². The van der Waals surface area contributed by atoms with Crippen molar-refractivity contribution in [3.8, 4) is 6.07 Å². The van der Waals surface area contributed by atoms with E-state index in [1.54, 1.807) is 30.3 Å². The summed E-state index contributed by atoms with van der Waals surface area (Å²) in [6.45, 7) is 0.256. The van der Waals surface area contributed by atoms with Crippen LogP contribution in [0.1, 0.15) is 12.0 Å². The van der Waals surface area contributed by atoms with E-state index in [4.69, 9.17) is 16.9 Å². The second-order valence-electron chi connectivity index (χ2n) is 3.20. The second-order valence-corrected chi connectivity index (χ2v) is 3.63. The summed E-state index contributed by atoms with van der Waals surface area (Å²) in [5.74, 6) is -0.629. The van der Waals surface area contributed by atoms with E-state index in [-0.39, 0.29) is 13.0 Å². The molecule has 6 heteroatoms. The molecule has 0 fully saturated rings. The molecular formula is C11H10ClN3O2. The number of carbonyl (C=O) groups excluding carboxylic acids is 2. The first kappa shape index (κ1) is 13.0. The van der Waals surface area contributed by atoms with Crippen molar-refractivity contribution in [2.45, 2.75) is 13.0 Å². The Morgan fingerprint density at radius 2 is 2.18 bits per heavy atom. The molecule has 1 aromatic carbocycles. The third-order valence-electron chi connectivity index (χ3n) is 1.83. The molecule has 1 aromatic rings. The van der Waals surface area contributed by atoms with Crippen LogP contribution in [-0.4, -0.2) is 11.9 Å². The lowest BCUT2D eigenvalue weighted by Gasteiger charge is -2.05. The number of rotatable bonds is 3. The van der Waals surface area contributed by atoms with E-state index in [0.29, 0.717) is 5.02 Å². The first-order valence-corrected chi connectivity index (χ1v) is 5.18. The number of nitriles is 1. The number of hydrogen-bond donors (Lipinski definition) is 2. The van der Waals surface area contributed by atoms with Gasteiger partial charge in [0.05, 0.1) is 6.07 Å². The molecule has 0 heterocycles. The fraction of sp³-hybridized carbons (Fsp3) is 0.182. The lowest BCUT2D eigenvalue weighted by Crippen LogP contribution is -2.38. The highest BCUT2D eigenvalue weighted by Gasteiger charge is 2.06. The van der Waals surface area contributed by atoms with Crippen LogP contribution in [0.3, 0.4) is 0 Å². The second kappa shape index (κ2) is 6.51. The van der Waals surface area contributed by atoms with Crippen LogP contribution in [0.15, 0.2) is 24.3 Å². The van der Waals surface area contributed by atoms with E-state index in [1.807, 2.05) is 5.32 Å². The van der Waals surface area contributed by atoms with Crippen LogP contribution in [0.2, 0.25) is 5.02 Å². The third-order valence-corrected chi connectivity index (χ3v) is 2.07.